The quantitative estimate of drug-likeness (QED) is 0.742. The fraction of sp³-hybridized carbons (Fsp3) is 0.625. The Hall–Kier alpha value is -1.26. The number of carbonyl (C=O) groups is 1. The zero-order valence-corrected chi connectivity index (χ0v) is 18.4. The van der Waals surface area contributed by atoms with E-state index in [1.807, 2.05) is 6.07 Å². The number of nitrogens with one attached hydrogen (secondary N) is 1. The third kappa shape index (κ3) is 4.18. The third-order valence-electron chi connectivity index (χ3n) is 7.17. The molecule has 2 aromatic rings. The maximum absolute atomic E-state index is 12.8. The fourth-order valence-corrected chi connectivity index (χ4v) is 7.53. The molecule has 4 heteroatoms. The van der Waals surface area contributed by atoms with Gasteiger partial charge in [0.25, 0.3) is 0 Å². The van der Waals surface area contributed by atoms with Crippen molar-refractivity contribution in [3.8, 4) is 0 Å². The van der Waals surface area contributed by atoms with Gasteiger partial charge in [0.05, 0.1) is 0 Å². The van der Waals surface area contributed by atoms with Gasteiger partial charge in [0.15, 0.2) is 0 Å². The van der Waals surface area contributed by atoms with Gasteiger partial charge >= 0.3 is 0 Å². The van der Waals surface area contributed by atoms with Crippen molar-refractivity contribution in [2.24, 2.45) is 11.8 Å². The number of ketones is 1. The molecule has 1 aromatic carbocycles. The van der Waals surface area contributed by atoms with Crippen LogP contribution < -0.4 is 0 Å². The van der Waals surface area contributed by atoms with Crippen molar-refractivity contribution in [3.05, 3.63) is 36.0 Å². The number of hydrogen-bond donors (Lipinski definition) is 1. The number of aromatic nitrogens is 1. The van der Waals surface area contributed by atoms with Crippen LogP contribution in [0, 0.1) is 11.8 Å². The van der Waals surface area contributed by atoms with Crippen LogP contribution in [-0.2, 0) is 11.2 Å². The van der Waals surface area contributed by atoms with E-state index >= 15 is 0 Å². The molecule has 1 N–H and O–H groups in total. The predicted octanol–water partition coefficient (Wildman–Crippen LogP) is 5.30. The molecular formula is C24H34N2OS. The molecule has 152 valence electrons. The van der Waals surface area contributed by atoms with E-state index in [0.29, 0.717) is 34.0 Å². The van der Waals surface area contributed by atoms with Crippen LogP contribution >= 0.6 is 11.8 Å². The Labute approximate surface area is 173 Å². The first-order valence-electron chi connectivity index (χ1n) is 10.9. The van der Waals surface area contributed by atoms with Crippen molar-refractivity contribution < 1.29 is 4.79 Å². The summed E-state index contributed by atoms with van der Waals surface area (Å²) >= 11 is 2.20. The first-order chi connectivity index (χ1) is 13.5. The molecule has 3 heterocycles. The van der Waals surface area contributed by atoms with Crippen LogP contribution in [0.4, 0.5) is 0 Å². The lowest BCUT2D eigenvalue weighted by Gasteiger charge is -2.50. The van der Waals surface area contributed by atoms with Crippen LogP contribution in [0.5, 0.6) is 0 Å². The number of Topliss-reactive ketones (excluding diaryl/α,β-unsaturated/α-hetero) is 1. The number of para-hydroxylation sites is 1. The molecule has 3 nitrogen and oxygen atoms in total. The van der Waals surface area contributed by atoms with Crippen molar-refractivity contribution in [1.29, 1.82) is 0 Å². The summed E-state index contributed by atoms with van der Waals surface area (Å²) in [5.74, 6) is 1.62. The minimum Gasteiger partial charge on any atom is -0.361 e. The first-order valence-corrected chi connectivity index (χ1v) is 11.8. The second kappa shape index (κ2) is 8.23. The summed E-state index contributed by atoms with van der Waals surface area (Å²) in [6.07, 6.45) is 8.25. The van der Waals surface area contributed by atoms with Crippen molar-refractivity contribution in [2.75, 3.05) is 20.1 Å². The van der Waals surface area contributed by atoms with Crippen molar-refractivity contribution in [1.82, 2.24) is 9.88 Å². The fourth-order valence-electron chi connectivity index (χ4n) is 5.42. The number of aromatic amines is 1. The van der Waals surface area contributed by atoms with Crippen LogP contribution in [0.3, 0.4) is 0 Å². The normalized spacial score (nSPS) is 28.0. The number of benzene rings is 1. The van der Waals surface area contributed by atoms with Gasteiger partial charge in [-0.3, -0.25) is 4.79 Å². The molecular weight excluding hydrogens is 364 g/mol. The largest absolute Gasteiger partial charge is 0.361 e. The van der Waals surface area contributed by atoms with Crippen LogP contribution in [0.2, 0.25) is 0 Å². The number of hydrogen-bond acceptors (Lipinski definition) is 3. The van der Waals surface area contributed by atoms with E-state index in [4.69, 9.17) is 0 Å². The molecule has 3 unspecified atom stereocenters. The minimum absolute atomic E-state index is 0.439. The zero-order chi connectivity index (χ0) is 19.7. The van der Waals surface area contributed by atoms with Gasteiger partial charge in [-0.1, -0.05) is 32.0 Å². The van der Waals surface area contributed by atoms with E-state index in [0.717, 1.165) is 12.8 Å². The van der Waals surface area contributed by atoms with E-state index < -0.39 is 0 Å². The van der Waals surface area contributed by atoms with E-state index in [2.05, 4.69) is 66.9 Å². The van der Waals surface area contributed by atoms with Crippen molar-refractivity contribution >= 4 is 28.4 Å². The number of H-pyrrole nitrogens is 1. The minimum atomic E-state index is 0.439. The molecule has 0 aliphatic carbocycles. The van der Waals surface area contributed by atoms with Crippen LogP contribution in [0.15, 0.2) is 30.5 Å². The Bertz CT molecular complexity index is 807. The number of rotatable bonds is 5. The topological polar surface area (TPSA) is 36.1 Å². The molecule has 1 aromatic heterocycles. The highest BCUT2D eigenvalue weighted by atomic mass is 32.2. The highest BCUT2D eigenvalue weighted by Crippen LogP contribution is 2.52. The maximum atomic E-state index is 12.8. The van der Waals surface area contributed by atoms with Gasteiger partial charge in [-0.2, -0.15) is 11.8 Å². The van der Waals surface area contributed by atoms with Crippen molar-refractivity contribution in [2.45, 2.75) is 62.4 Å². The van der Waals surface area contributed by atoms with Gasteiger partial charge in [-0.15, -0.1) is 0 Å². The lowest BCUT2D eigenvalue weighted by atomic mass is 9.77. The van der Waals surface area contributed by atoms with Crippen LogP contribution in [0.25, 0.3) is 10.9 Å². The Morgan fingerprint density at radius 2 is 2.00 bits per heavy atom. The van der Waals surface area contributed by atoms with E-state index in [1.54, 1.807) is 0 Å². The van der Waals surface area contributed by atoms with Gasteiger partial charge < -0.3 is 9.88 Å². The summed E-state index contributed by atoms with van der Waals surface area (Å²) in [6.45, 7) is 7.22. The Kier molecular flexibility index (Phi) is 5.89. The summed E-state index contributed by atoms with van der Waals surface area (Å²) in [5.41, 5.74) is 2.44. The Balaban J connectivity index is 1.33. The average Bonchev–Trinajstić information content (AvgIpc) is 3.09. The smallest absolute Gasteiger partial charge is 0.133 e. The molecule has 2 aliphatic heterocycles. The van der Waals surface area contributed by atoms with E-state index in [-0.39, 0.29) is 0 Å². The van der Waals surface area contributed by atoms with Crippen LogP contribution in [0.1, 0.15) is 51.5 Å². The summed E-state index contributed by atoms with van der Waals surface area (Å²) < 4.78 is 0.467. The lowest BCUT2D eigenvalue weighted by molar-refractivity contribution is -0.120. The second-order valence-corrected chi connectivity index (χ2v) is 11.1. The Morgan fingerprint density at radius 3 is 2.75 bits per heavy atom. The monoisotopic (exact) mass is 398 g/mol. The molecule has 2 fully saturated rings. The number of carbonyl (C=O) groups excluding carboxylic acids is 1. The van der Waals surface area contributed by atoms with Gasteiger partial charge in [0.2, 0.25) is 0 Å². The van der Waals surface area contributed by atoms with Crippen molar-refractivity contribution in [3.63, 3.8) is 0 Å². The van der Waals surface area contributed by atoms with Gasteiger partial charge in [0.1, 0.15) is 5.78 Å². The maximum Gasteiger partial charge on any atom is 0.133 e. The molecule has 1 spiro atoms. The van der Waals surface area contributed by atoms with Crippen LogP contribution in [-0.4, -0.2) is 45.8 Å². The number of fused-ring (bicyclic) bond motifs is 1. The zero-order valence-electron chi connectivity index (χ0n) is 17.5. The first kappa shape index (κ1) is 20.0. The number of likely N-dealkylation sites (tertiary alicyclic amines) is 1. The molecule has 28 heavy (non-hydrogen) atoms. The molecule has 0 bridgehead atoms. The Morgan fingerprint density at radius 1 is 1.25 bits per heavy atom. The SMILES string of the molecule is CC1CC2(CCN(C)CC2)SC(C)C1CC(=O)CCc1c[nH]c2ccccc12. The molecule has 0 saturated carbocycles. The highest BCUT2D eigenvalue weighted by molar-refractivity contribution is 8.01. The molecule has 2 aliphatic rings. The highest BCUT2D eigenvalue weighted by Gasteiger charge is 2.44. The summed E-state index contributed by atoms with van der Waals surface area (Å²) in [7, 11) is 2.24. The molecule has 3 atom stereocenters. The number of aryl methyl sites for hydroxylation is 1. The standard InChI is InChI=1S/C24H34N2OS/c1-17-15-24(10-12-26(3)13-11-24)28-18(2)22(17)14-20(27)9-8-19-16-25-23-7-5-4-6-21(19)23/h4-7,16-18,22,25H,8-15H2,1-3H3. The van der Waals surface area contributed by atoms with Gasteiger partial charge in [0, 0.05) is 39.9 Å². The molecule has 4 rings (SSSR count). The predicted molar refractivity (Wildman–Crippen MR) is 120 cm³/mol. The molecule has 0 amide bonds. The molecule has 0 radical (unpaired) electrons. The van der Waals surface area contributed by atoms with Gasteiger partial charge in [-0.05, 0) is 69.3 Å². The lowest BCUT2D eigenvalue weighted by Crippen LogP contribution is -2.47. The number of nitrogens with zero attached hydrogens (tertiary/aromatic N) is 1. The third-order valence-corrected chi connectivity index (χ3v) is 8.97. The van der Waals surface area contributed by atoms with Gasteiger partial charge in [-0.25, -0.2) is 0 Å². The summed E-state index contributed by atoms with van der Waals surface area (Å²) in [6, 6.07) is 8.37. The van der Waals surface area contributed by atoms with E-state index in [1.165, 1.54) is 48.8 Å². The summed E-state index contributed by atoms with van der Waals surface area (Å²) in [5, 5.41) is 1.85. The number of piperidine rings is 1. The number of thioether (sulfide) groups is 1. The second-order valence-electron chi connectivity index (χ2n) is 9.26. The summed E-state index contributed by atoms with van der Waals surface area (Å²) in [4.78, 5) is 18.6. The van der Waals surface area contributed by atoms with E-state index in [9.17, 15) is 4.79 Å². The molecule has 2 saturated heterocycles. The average molecular weight is 399 g/mol.